The number of allylic oxidation sites excluding steroid dienone is 7. The van der Waals surface area contributed by atoms with Crippen LogP contribution in [0.15, 0.2) is 61.3 Å². The Hall–Kier alpha value is -1.30. The van der Waals surface area contributed by atoms with Gasteiger partial charge in [0.25, 0.3) is 0 Å². The number of unbranched alkanes of at least 4 members (excludes halogenated alkanes) is 2. The summed E-state index contributed by atoms with van der Waals surface area (Å²) in [6.45, 7) is 20.9. The Morgan fingerprint density at radius 1 is 1.23 bits per heavy atom. The molecule has 0 aliphatic heterocycles. The zero-order valence-corrected chi connectivity index (χ0v) is 15.3. The van der Waals surface area contributed by atoms with Crippen LogP contribution in [-0.2, 0) is 0 Å². The molecule has 0 saturated heterocycles. The molecular weight excluding hydrogens is 264 g/mol. The molecule has 0 aliphatic rings. The van der Waals surface area contributed by atoms with Crippen LogP contribution in [0.2, 0.25) is 0 Å². The molecule has 0 N–H and O–H groups in total. The van der Waals surface area contributed by atoms with E-state index in [9.17, 15) is 0 Å². The van der Waals surface area contributed by atoms with Crippen molar-refractivity contribution in [2.75, 3.05) is 0 Å². The van der Waals surface area contributed by atoms with Crippen LogP contribution >= 0.6 is 0 Å². The Labute approximate surface area is 139 Å². The summed E-state index contributed by atoms with van der Waals surface area (Å²) in [4.78, 5) is 0. The quantitative estimate of drug-likeness (QED) is 0.200. The third kappa shape index (κ3) is 9.60. The molecular formula is C22H36. The van der Waals surface area contributed by atoms with E-state index in [1.807, 2.05) is 6.08 Å². The fraction of sp³-hybridized carbons (Fsp3) is 0.545. The van der Waals surface area contributed by atoms with Gasteiger partial charge in [0.05, 0.1) is 0 Å². The van der Waals surface area contributed by atoms with Gasteiger partial charge >= 0.3 is 0 Å². The zero-order chi connectivity index (χ0) is 17.0. The fourth-order valence-corrected chi connectivity index (χ4v) is 2.37. The highest BCUT2D eigenvalue weighted by atomic mass is 14.2. The lowest BCUT2D eigenvalue weighted by atomic mass is 9.82. The van der Waals surface area contributed by atoms with Gasteiger partial charge in [0.15, 0.2) is 0 Å². The van der Waals surface area contributed by atoms with Gasteiger partial charge in [0.2, 0.25) is 0 Å². The molecule has 0 saturated carbocycles. The molecule has 0 amide bonds. The van der Waals surface area contributed by atoms with Gasteiger partial charge in [0, 0.05) is 0 Å². The summed E-state index contributed by atoms with van der Waals surface area (Å²) < 4.78 is 0. The van der Waals surface area contributed by atoms with Gasteiger partial charge in [-0.1, -0.05) is 95.2 Å². The Kier molecular flexibility index (Phi) is 10.6. The summed E-state index contributed by atoms with van der Waals surface area (Å²) in [5, 5.41) is 0. The van der Waals surface area contributed by atoms with Crippen LogP contribution in [0.1, 0.15) is 66.2 Å². The summed E-state index contributed by atoms with van der Waals surface area (Å²) in [5.41, 5.74) is 2.95. The van der Waals surface area contributed by atoms with Gasteiger partial charge in [-0.05, 0) is 37.0 Å². The summed E-state index contributed by atoms with van der Waals surface area (Å²) in [6, 6.07) is 0. The molecule has 124 valence electrons. The number of hydrogen-bond donors (Lipinski definition) is 0. The summed E-state index contributed by atoms with van der Waals surface area (Å²) in [5.74, 6) is 0.512. The molecule has 0 aliphatic carbocycles. The second kappa shape index (κ2) is 11.3. The van der Waals surface area contributed by atoms with Crippen LogP contribution in [0.5, 0.6) is 0 Å². The van der Waals surface area contributed by atoms with Crippen molar-refractivity contribution in [3.63, 3.8) is 0 Å². The fourth-order valence-electron chi connectivity index (χ4n) is 2.37. The number of hydrogen-bond acceptors (Lipinski definition) is 0. The molecule has 0 rings (SSSR count). The molecule has 0 bridgehead atoms. The van der Waals surface area contributed by atoms with Gasteiger partial charge in [-0.25, -0.2) is 0 Å². The maximum atomic E-state index is 4.17. The van der Waals surface area contributed by atoms with E-state index in [-0.39, 0.29) is 5.41 Å². The lowest BCUT2D eigenvalue weighted by molar-refractivity contribution is 0.460. The molecule has 0 heterocycles. The molecule has 1 atom stereocenters. The standard InChI is InChI=1S/C22H36/c1-8-11-13-15-21(18-22(6,7)10-3)17-16-20(5)19(4)14-12-9-2/h9-10,12,14-15,20H,2-4,8,11,13,16-18H2,1,5-7H3. The van der Waals surface area contributed by atoms with Gasteiger partial charge in [0.1, 0.15) is 0 Å². The average molecular weight is 301 g/mol. The molecule has 0 heteroatoms. The van der Waals surface area contributed by atoms with Crippen molar-refractivity contribution in [3.05, 3.63) is 61.3 Å². The first-order valence-electron chi connectivity index (χ1n) is 8.65. The molecule has 22 heavy (non-hydrogen) atoms. The van der Waals surface area contributed by atoms with Crippen molar-refractivity contribution in [1.82, 2.24) is 0 Å². The third-order valence-electron chi connectivity index (χ3n) is 4.20. The van der Waals surface area contributed by atoms with E-state index in [1.54, 1.807) is 11.6 Å². The molecule has 0 fully saturated rings. The minimum atomic E-state index is 0.182. The summed E-state index contributed by atoms with van der Waals surface area (Å²) in [7, 11) is 0. The van der Waals surface area contributed by atoms with E-state index >= 15 is 0 Å². The average Bonchev–Trinajstić information content (AvgIpc) is 2.49. The smallest absolute Gasteiger partial charge is 0.0140 e. The monoisotopic (exact) mass is 300 g/mol. The van der Waals surface area contributed by atoms with Crippen LogP contribution in [-0.4, -0.2) is 0 Å². The van der Waals surface area contributed by atoms with E-state index in [0.29, 0.717) is 5.92 Å². The van der Waals surface area contributed by atoms with Gasteiger partial charge < -0.3 is 0 Å². The Morgan fingerprint density at radius 2 is 1.91 bits per heavy atom. The molecule has 0 aromatic heterocycles. The first-order valence-corrected chi connectivity index (χ1v) is 8.65. The summed E-state index contributed by atoms with van der Waals surface area (Å²) in [6.07, 6.45) is 17.6. The highest BCUT2D eigenvalue weighted by Crippen LogP contribution is 2.30. The van der Waals surface area contributed by atoms with Crippen molar-refractivity contribution < 1.29 is 0 Å². The van der Waals surface area contributed by atoms with Crippen molar-refractivity contribution in [3.8, 4) is 0 Å². The minimum absolute atomic E-state index is 0.182. The topological polar surface area (TPSA) is 0 Å². The first-order chi connectivity index (χ1) is 10.4. The zero-order valence-electron chi connectivity index (χ0n) is 15.3. The molecule has 0 radical (unpaired) electrons. The lowest BCUT2D eigenvalue weighted by Gasteiger charge is -2.23. The number of rotatable bonds is 12. The largest absolute Gasteiger partial charge is 0.103 e. The van der Waals surface area contributed by atoms with E-state index in [2.05, 4.69) is 65.7 Å². The molecule has 0 nitrogen and oxygen atoms in total. The van der Waals surface area contributed by atoms with Crippen LogP contribution in [0, 0.1) is 11.3 Å². The van der Waals surface area contributed by atoms with Gasteiger partial charge in [-0.15, -0.1) is 6.58 Å². The second-order valence-electron chi connectivity index (χ2n) is 6.98. The molecule has 0 spiro atoms. The van der Waals surface area contributed by atoms with Crippen molar-refractivity contribution in [1.29, 1.82) is 0 Å². The second-order valence-corrected chi connectivity index (χ2v) is 6.98. The van der Waals surface area contributed by atoms with Crippen molar-refractivity contribution in [2.45, 2.75) is 66.2 Å². The molecule has 1 unspecified atom stereocenters. The SMILES string of the molecule is C=CC=CC(=C)C(C)CCC(=CCCCC)CC(C)(C)C=C. The third-order valence-corrected chi connectivity index (χ3v) is 4.20. The van der Waals surface area contributed by atoms with Crippen molar-refractivity contribution in [2.24, 2.45) is 11.3 Å². The van der Waals surface area contributed by atoms with E-state index < -0.39 is 0 Å². The van der Waals surface area contributed by atoms with Crippen LogP contribution < -0.4 is 0 Å². The Morgan fingerprint density at radius 3 is 2.45 bits per heavy atom. The highest BCUT2D eigenvalue weighted by Gasteiger charge is 2.16. The molecule has 0 aromatic carbocycles. The summed E-state index contributed by atoms with van der Waals surface area (Å²) >= 11 is 0. The Balaban J connectivity index is 4.66. The predicted molar refractivity (Wildman–Crippen MR) is 103 cm³/mol. The normalized spacial score (nSPS) is 14.1. The minimum Gasteiger partial charge on any atom is -0.103 e. The van der Waals surface area contributed by atoms with Crippen LogP contribution in [0.25, 0.3) is 0 Å². The van der Waals surface area contributed by atoms with E-state index in [1.165, 1.54) is 24.8 Å². The Bertz CT molecular complexity index is 404. The van der Waals surface area contributed by atoms with Gasteiger partial charge in [-0.2, -0.15) is 0 Å². The first kappa shape index (κ1) is 20.7. The molecule has 0 aromatic rings. The highest BCUT2D eigenvalue weighted by molar-refractivity contribution is 5.21. The van der Waals surface area contributed by atoms with Gasteiger partial charge in [-0.3, -0.25) is 0 Å². The van der Waals surface area contributed by atoms with E-state index in [0.717, 1.165) is 19.3 Å². The van der Waals surface area contributed by atoms with Crippen LogP contribution in [0.4, 0.5) is 0 Å². The maximum absolute atomic E-state index is 4.17. The van der Waals surface area contributed by atoms with Crippen molar-refractivity contribution >= 4 is 0 Å². The maximum Gasteiger partial charge on any atom is -0.0140 e. The lowest BCUT2D eigenvalue weighted by Crippen LogP contribution is -2.09. The van der Waals surface area contributed by atoms with E-state index in [4.69, 9.17) is 0 Å². The van der Waals surface area contributed by atoms with Crippen LogP contribution in [0.3, 0.4) is 0 Å². The predicted octanol–water partition coefficient (Wildman–Crippen LogP) is 7.42.